The molecule has 3 aromatic rings. The van der Waals surface area contributed by atoms with E-state index >= 15 is 0 Å². The Morgan fingerprint density at radius 1 is 1.23 bits per heavy atom. The molecular formula is C22H25F2N5O. The summed E-state index contributed by atoms with van der Waals surface area (Å²) in [6, 6.07) is 6.13. The Labute approximate surface area is 173 Å². The number of nitrogens with one attached hydrogen (secondary N) is 1. The standard InChI is InChI=1S/C22H25F2N5O/c1-3-17-20(24)21(26-13-25-17)28(2)12-14-6-8-29(9-7-14)22(30)19-11-15-10-16(23)4-5-18(15)27-19/h4-5,10-11,13-14,27H,3,6-9,12H2,1-2H3. The number of H-pyrrole nitrogens is 1. The zero-order valence-electron chi connectivity index (χ0n) is 17.2. The number of amides is 1. The molecule has 1 aliphatic rings. The first kappa shape index (κ1) is 20.3. The SMILES string of the molecule is CCc1ncnc(N(C)CC2CCN(C(=O)c3cc4cc(F)ccc4[nH]3)CC2)c1F. The number of aromatic nitrogens is 3. The minimum absolute atomic E-state index is 0.0761. The molecule has 0 unspecified atom stereocenters. The molecule has 1 amide bonds. The summed E-state index contributed by atoms with van der Waals surface area (Å²) in [6.45, 7) is 3.80. The van der Waals surface area contributed by atoms with Crippen LogP contribution in [0.1, 0.15) is 35.9 Å². The van der Waals surface area contributed by atoms with Gasteiger partial charge < -0.3 is 14.8 Å². The molecule has 6 nitrogen and oxygen atoms in total. The van der Waals surface area contributed by atoms with Crippen LogP contribution in [0.5, 0.6) is 0 Å². The van der Waals surface area contributed by atoms with Gasteiger partial charge in [0.05, 0.1) is 5.69 Å². The minimum Gasteiger partial charge on any atom is -0.357 e. The van der Waals surface area contributed by atoms with Crippen molar-refractivity contribution in [2.24, 2.45) is 5.92 Å². The number of piperidine rings is 1. The molecule has 1 saturated heterocycles. The van der Waals surface area contributed by atoms with Gasteiger partial charge in [-0.2, -0.15) is 0 Å². The zero-order chi connectivity index (χ0) is 21.3. The van der Waals surface area contributed by atoms with Gasteiger partial charge in [0.2, 0.25) is 0 Å². The van der Waals surface area contributed by atoms with Gasteiger partial charge in [0, 0.05) is 37.6 Å². The van der Waals surface area contributed by atoms with E-state index in [1.807, 2.05) is 23.8 Å². The van der Waals surface area contributed by atoms with Crippen LogP contribution in [0.4, 0.5) is 14.6 Å². The summed E-state index contributed by atoms with van der Waals surface area (Å²) in [5.41, 5.74) is 1.64. The van der Waals surface area contributed by atoms with Crippen molar-refractivity contribution in [1.82, 2.24) is 19.9 Å². The van der Waals surface area contributed by atoms with E-state index in [0.29, 0.717) is 54.6 Å². The number of anilines is 1. The van der Waals surface area contributed by atoms with Gasteiger partial charge in [0.1, 0.15) is 17.8 Å². The van der Waals surface area contributed by atoms with E-state index in [4.69, 9.17) is 0 Å². The van der Waals surface area contributed by atoms with Crippen LogP contribution in [0.25, 0.3) is 10.9 Å². The van der Waals surface area contributed by atoms with E-state index in [1.165, 1.54) is 18.5 Å². The lowest BCUT2D eigenvalue weighted by atomic mass is 9.96. The molecule has 0 radical (unpaired) electrons. The quantitative estimate of drug-likeness (QED) is 0.691. The summed E-state index contributed by atoms with van der Waals surface area (Å²) in [6.07, 6.45) is 3.59. The van der Waals surface area contributed by atoms with Crippen molar-refractivity contribution >= 4 is 22.6 Å². The van der Waals surface area contributed by atoms with Gasteiger partial charge in [-0.1, -0.05) is 6.92 Å². The van der Waals surface area contributed by atoms with Crippen molar-refractivity contribution in [3.05, 3.63) is 53.6 Å². The Hall–Kier alpha value is -3.03. The summed E-state index contributed by atoms with van der Waals surface area (Å²) in [4.78, 5) is 27.7. The highest BCUT2D eigenvalue weighted by molar-refractivity contribution is 5.98. The maximum atomic E-state index is 14.5. The van der Waals surface area contributed by atoms with Crippen molar-refractivity contribution in [1.29, 1.82) is 0 Å². The zero-order valence-corrected chi connectivity index (χ0v) is 17.2. The van der Waals surface area contributed by atoms with E-state index in [1.54, 1.807) is 12.1 Å². The van der Waals surface area contributed by atoms with Crippen LogP contribution < -0.4 is 4.90 Å². The van der Waals surface area contributed by atoms with Crippen molar-refractivity contribution in [2.45, 2.75) is 26.2 Å². The number of likely N-dealkylation sites (tertiary alicyclic amines) is 1. The summed E-state index contributed by atoms with van der Waals surface area (Å²) in [5, 5.41) is 0.688. The van der Waals surface area contributed by atoms with Gasteiger partial charge in [0.25, 0.3) is 5.91 Å². The normalized spacial score (nSPS) is 15.0. The first-order chi connectivity index (χ1) is 14.5. The molecule has 1 aliphatic heterocycles. The number of carbonyl (C=O) groups is 1. The average Bonchev–Trinajstić information content (AvgIpc) is 3.17. The topological polar surface area (TPSA) is 65.1 Å². The third-order valence-corrected chi connectivity index (χ3v) is 5.79. The molecule has 1 aromatic carbocycles. The van der Waals surface area contributed by atoms with Crippen LogP contribution in [0.3, 0.4) is 0 Å². The molecule has 4 rings (SSSR count). The summed E-state index contributed by atoms with van der Waals surface area (Å²) < 4.78 is 27.9. The molecule has 0 aliphatic carbocycles. The number of benzene rings is 1. The summed E-state index contributed by atoms with van der Waals surface area (Å²) in [7, 11) is 1.84. The first-order valence-electron chi connectivity index (χ1n) is 10.2. The average molecular weight is 413 g/mol. The molecule has 30 heavy (non-hydrogen) atoms. The monoisotopic (exact) mass is 413 g/mol. The first-order valence-corrected chi connectivity index (χ1v) is 10.2. The van der Waals surface area contributed by atoms with E-state index in [0.717, 1.165) is 18.4 Å². The molecule has 2 aromatic heterocycles. The van der Waals surface area contributed by atoms with E-state index in [2.05, 4.69) is 15.0 Å². The second kappa shape index (κ2) is 8.38. The number of hydrogen-bond acceptors (Lipinski definition) is 4. The fraction of sp³-hybridized carbons (Fsp3) is 0.409. The lowest BCUT2D eigenvalue weighted by Crippen LogP contribution is -2.41. The maximum absolute atomic E-state index is 14.5. The fourth-order valence-electron chi connectivity index (χ4n) is 4.09. The van der Waals surface area contributed by atoms with Gasteiger partial charge in [-0.05, 0) is 49.4 Å². The second-order valence-corrected chi connectivity index (χ2v) is 7.84. The second-order valence-electron chi connectivity index (χ2n) is 7.84. The molecule has 1 N–H and O–H groups in total. The van der Waals surface area contributed by atoms with Gasteiger partial charge in [0.15, 0.2) is 11.6 Å². The lowest BCUT2D eigenvalue weighted by Gasteiger charge is -2.34. The lowest BCUT2D eigenvalue weighted by molar-refractivity contribution is 0.0688. The van der Waals surface area contributed by atoms with Crippen LogP contribution in [-0.2, 0) is 6.42 Å². The molecule has 0 spiro atoms. The van der Waals surface area contributed by atoms with Crippen molar-refractivity contribution in [3.8, 4) is 0 Å². The van der Waals surface area contributed by atoms with Crippen LogP contribution in [0.2, 0.25) is 0 Å². The highest BCUT2D eigenvalue weighted by Gasteiger charge is 2.26. The van der Waals surface area contributed by atoms with E-state index < -0.39 is 0 Å². The molecule has 158 valence electrons. The maximum Gasteiger partial charge on any atom is 0.270 e. The predicted molar refractivity (Wildman–Crippen MR) is 112 cm³/mol. The summed E-state index contributed by atoms with van der Waals surface area (Å²) >= 11 is 0. The smallest absolute Gasteiger partial charge is 0.270 e. The van der Waals surface area contributed by atoms with Crippen LogP contribution in [0, 0.1) is 17.6 Å². The Kier molecular flexibility index (Phi) is 5.65. The number of aromatic amines is 1. The number of hydrogen-bond donors (Lipinski definition) is 1. The largest absolute Gasteiger partial charge is 0.357 e. The van der Waals surface area contributed by atoms with Gasteiger partial charge in [-0.15, -0.1) is 0 Å². The molecular weight excluding hydrogens is 388 g/mol. The van der Waals surface area contributed by atoms with Gasteiger partial charge in [-0.3, -0.25) is 4.79 Å². The third kappa shape index (κ3) is 3.99. The van der Waals surface area contributed by atoms with Gasteiger partial charge in [-0.25, -0.2) is 18.7 Å². The highest BCUT2D eigenvalue weighted by atomic mass is 19.1. The fourth-order valence-corrected chi connectivity index (χ4v) is 4.09. The number of nitrogens with zero attached hydrogens (tertiary/aromatic N) is 4. The van der Waals surface area contributed by atoms with Crippen LogP contribution >= 0.6 is 0 Å². The van der Waals surface area contributed by atoms with Crippen LogP contribution in [0.15, 0.2) is 30.6 Å². The Morgan fingerprint density at radius 2 is 2.00 bits per heavy atom. The molecule has 0 atom stereocenters. The predicted octanol–water partition coefficient (Wildman–Crippen LogP) is 3.79. The van der Waals surface area contributed by atoms with E-state index in [9.17, 15) is 13.6 Å². The number of halogens is 2. The molecule has 3 heterocycles. The van der Waals surface area contributed by atoms with Crippen LogP contribution in [-0.4, -0.2) is 52.4 Å². The molecule has 0 bridgehead atoms. The molecule has 0 saturated carbocycles. The molecule has 1 fully saturated rings. The minimum atomic E-state index is -0.356. The molecule has 8 heteroatoms. The van der Waals surface area contributed by atoms with Crippen molar-refractivity contribution in [3.63, 3.8) is 0 Å². The number of aryl methyl sites for hydroxylation is 1. The number of fused-ring (bicyclic) bond motifs is 1. The number of rotatable bonds is 5. The van der Waals surface area contributed by atoms with Gasteiger partial charge >= 0.3 is 0 Å². The highest BCUT2D eigenvalue weighted by Crippen LogP contribution is 2.24. The van der Waals surface area contributed by atoms with Crippen molar-refractivity contribution < 1.29 is 13.6 Å². The Morgan fingerprint density at radius 3 is 2.73 bits per heavy atom. The Balaban J connectivity index is 1.37. The van der Waals surface area contributed by atoms with Crippen molar-refractivity contribution in [2.75, 3.05) is 31.6 Å². The third-order valence-electron chi connectivity index (χ3n) is 5.79. The Bertz CT molecular complexity index is 1060. The number of carbonyl (C=O) groups excluding carboxylic acids is 1. The van der Waals surface area contributed by atoms with E-state index in [-0.39, 0.29) is 17.5 Å². The summed E-state index contributed by atoms with van der Waals surface area (Å²) in [5.74, 6) is -0.0872.